The van der Waals surface area contributed by atoms with Crippen molar-refractivity contribution < 1.29 is 4.74 Å². The Kier molecular flexibility index (Phi) is 4.18. The molecule has 1 atom stereocenters. The molecule has 84 valence electrons. The first-order chi connectivity index (χ1) is 7.40. The van der Waals surface area contributed by atoms with Crippen molar-refractivity contribution in [1.29, 1.82) is 0 Å². The van der Waals surface area contributed by atoms with E-state index in [1.54, 1.807) is 11.3 Å². The quantitative estimate of drug-likeness (QED) is 0.854. The zero-order valence-electron chi connectivity index (χ0n) is 9.02. The smallest absolute Gasteiger partial charge is 0.0958 e. The molecule has 1 aromatic heterocycles. The Morgan fingerprint density at radius 3 is 2.80 bits per heavy atom. The van der Waals surface area contributed by atoms with Gasteiger partial charge in [-0.2, -0.15) is 11.3 Å². The number of hydrogen-bond donors (Lipinski definition) is 1. The van der Waals surface area contributed by atoms with Crippen molar-refractivity contribution in [3.8, 4) is 0 Å². The molecular formula is C12H19NOS. The van der Waals surface area contributed by atoms with Gasteiger partial charge in [0.1, 0.15) is 0 Å². The van der Waals surface area contributed by atoms with E-state index in [1.165, 1.54) is 37.7 Å². The van der Waals surface area contributed by atoms with E-state index in [-0.39, 0.29) is 6.10 Å². The van der Waals surface area contributed by atoms with Gasteiger partial charge in [-0.15, -0.1) is 0 Å². The lowest BCUT2D eigenvalue weighted by Gasteiger charge is -2.26. The van der Waals surface area contributed by atoms with Crippen LogP contribution in [0.3, 0.4) is 0 Å². The Morgan fingerprint density at radius 2 is 2.20 bits per heavy atom. The van der Waals surface area contributed by atoms with Gasteiger partial charge in [0.2, 0.25) is 0 Å². The van der Waals surface area contributed by atoms with Crippen molar-refractivity contribution in [3.63, 3.8) is 0 Å². The minimum Gasteiger partial charge on any atom is -0.369 e. The maximum Gasteiger partial charge on any atom is 0.0958 e. The van der Waals surface area contributed by atoms with Gasteiger partial charge in [0.05, 0.1) is 12.2 Å². The average Bonchev–Trinajstić information content (AvgIpc) is 2.81. The fourth-order valence-corrected chi connectivity index (χ4v) is 2.86. The Morgan fingerprint density at radius 1 is 1.40 bits per heavy atom. The summed E-state index contributed by atoms with van der Waals surface area (Å²) >= 11 is 1.71. The molecule has 2 N–H and O–H groups in total. The van der Waals surface area contributed by atoms with Crippen LogP contribution in [0.15, 0.2) is 16.8 Å². The first-order valence-electron chi connectivity index (χ1n) is 5.78. The number of hydrogen-bond acceptors (Lipinski definition) is 3. The molecular weight excluding hydrogens is 206 g/mol. The number of thiophene rings is 1. The number of ether oxygens (including phenoxy) is 1. The van der Waals surface area contributed by atoms with Crippen LogP contribution in [0.25, 0.3) is 0 Å². The van der Waals surface area contributed by atoms with E-state index in [1.807, 2.05) is 0 Å². The van der Waals surface area contributed by atoms with Gasteiger partial charge in [0.25, 0.3) is 0 Å². The molecule has 0 aliphatic heterocycles. The molecule has 0 bridgehead atoms. The van der Waals surface area contributed by atoms with E-state index in [9.17, 15) is 0 Å². The molecule has 1 fully saturated rings. The fourth-order valence-electron chi connectivity index (χ4n) is 2.16. The zero-order chi connectivity index (χ0) is 10.5. The highest BCUT2D eigenvalue weighted by Crippen LogP contribution is 2.27. The summed E-state index contributed by atoms with van der Waals surface area (Å²) in [5.41, 5.74) is 7.00. The van der Waals surface area contributed by atoms with Gasteiger partial charge >= 0.3 is 0 Å². The average molecular weight is 225 g/mol. The van der Waals surface area contributed by atoms with Crippen LogP contribution in [0.2, 0.25) is 0 Å². The van der Waals surface area contributed by atoms with Gasteiger partial charge < -0.3 is 10.5 Å². The summed E-state index contributed by atoms with van der Waals surface area (Å²) in [5, 5.41) is 4.22. The lowest BCUT2D eigenvalue weighted by molar-refractivity contribution is -0.0267. The molecule has 2 nitrogen and oxygen atoms in total. The van der Waals surface area contributed by atoms with Gasteiger partial charge in [-0.1, -0.05) is 19.3 Å². The summed E-state index contributed by atoms with van der Waals surface area (Å²) in [5.74, 6) is 0. The molecule has 1 aliphatic carbocycles. The molecule has 1 unspecified atom stereocenters. The highest BCUT2D eigenvalue weighted by molar-refractivity contribution is 7.07. The topological polar surface area (TPSA) is 35.2 Å². The summed E-state index contributed by atoms with van der Waals surface area (Å²) in [6.07, 6.45) is 6.95. The first kappa shape index (κ1) is 11.1. The van der Waals surface area contributed by atoms with E-state index in [0.717, 1.165) is 0 Å². The second kappa shape index (κ2) is 5.64. The standard InChI is InChI=1S/C12H19NOS/c13-8-12(10-6-7-15-9-10)14-11-4-2-1-3-5-11/h6-7,9,11-12H,1-5,8,13H2. The van der Waals surface area contributed by atoms with E-state index in [0.29, 0.717) is 12.6 Å². The summed E-state index contributed by atoms with van der Waals surface area (Å²) in [6, 6.07) is 2.12. The van der Waals surface area contributed by atoms with Crippen LogP contribution in [0.1, 0.15) is 43.8 Å². The lowest BCUT2D eigenvalue weighted by Crippen LogP contribution is -2.24. The summed E-state index contributed by atoms with van der Waals surface area (Å²) < 4.78 is 6.07. The SMILES string of the molecule is NCC(OC1CCCCC1)c1ccsc1. The summed E-state index contributed by atoms with van der Waals surface area (Å²) in [4.78, 5) is 0. The van der Waals surface area contributed by atoms with Crippen molar-refractivity contribution in [1.82, 2.24) is 0 Å². The van der Waals surface area contributed by atoms with Crippen LogP contribution >= 0.6 is 11.3 Å². The maximum atomic E-state index is 6.07. The largest absolute Gasteiger partial charge is 0.369 e. The van der Waals surface area contributed by atoms with E-state index < -0.39 is 0 Å². The van der Waals surface area contributed by atoms with Crippen molar-refractivity contribution in [2.24, 2.45) is 5.73 Å². The van der Waals surface area contributed by atoms with Gasteiger partial charge in [-0.05, 0) is 35.2 Å². The Balaban J connectivity index is 1.90. The third-order valence-electron chi connectivity index (χ3n) is 3.04. The molecule has 1 aliphatic rings. The molecule has 1 aromatic rings. The van der Waals surface area contributed by atoms with Crippen LogP contribution in [-0.2, 0) is 4.74 Å². The summed E-state index contributed by atoms with van der Waals surface area (Å²) in [7, 11) is 0. The Bertz CT molecular complexity index is 267. The van der Waals surface area contributed by atoms with Crippen LogP contribution in [-0.4, -0.2) is 12.6 Å². The predicted octanol–water partition coefficient (Wildman–Crippen LogP) is 3.10. The van der Waals surface area contributed by atoms with Gasteiger partial charge in [-0.3, -0.25) is 0 Å². The first-order valence-corrected chi connectivity index (χ1v) is 6.72. The molecule has 2 rings (SSSR count). The molecule has 1 saturated carbocycles. The van der Waals surface area contributed by atoms with E-state index >= 15 is 0 Å². The van der Waals surface area contributed by atoms with Gasteiger partial charge in [-0.25, -0.2) is 0 Å². The highest BCUT2D eigenvalue weighted by atomic mass is 32.1. The minimum atomic E-state index is 0.111. The van der Waals surface area contributed by atoms with Crippen molar-refractivity contribution in [2.75, 3.05) is 6.54 Å². The van der Waals surface area contributed by atoms with Crippen LogP contribution in [0.4, 0.5) is 0 Å². The fraction of sp³-hybridized carbons (Fsp3) is 0.667. The minimum absolute atomic E-state index is 0.111. The molecule has 15 heavy (non-hydrogen) atoms. The lowest BCUT2D eigenvalue weighted by atomic mass is 9.97. The summed E-state index contributed by atoms with van der Waals surface area (Å²) in [6.45, 7) is 0.591. The second-order valence-electron chi connectivity index (χ2n) is 4.18. The van der Waals surface area contributed by atoms with E-state index in [2.05, 4.69) is 16.8 Å². The van der Waals surface area contributed by atoms with Crippen LogP contribution in [0.5, 0.6) is 0 Å². The third-order valence-corrected chi connectivity index (χ3v) is 3.74. The molecule has 0 spiro atoms. The highest BCUT2D eigenvalue weighted by Gasteiger charge is 2.19. The van der Waals surface area contributed by atoms with Crippen LogP contribution in [0, 0.1) is 0 Å². The molecule has 0 radical (unpaired) electrons. The normalized spacial score (nSPS) is 20.3. The Labute approximate surface area is 95.4 Å². The predicted molar refractivity (Wildman–Crippen MR) is 64.1 cm³/mol. The number of nitrogens with two attached hydrogens (primary N) is 1. The maximum absolute atomic E-state index is 6.07. The van der Waals surface area contributed by atoms with Crippen molar-refractivity contribution in [2.45, 2.75) is 44.3 Å². The molecule has 0 saturated heterocycles. The van der Waals surface area contributed by atoms with E-state index in [4.69, 9.17) is 10.5 Å². The molecule has 3 heteroatoms. The zero-order valence-corrected chi connectivity index (χ0v) is 9.84. The molecule has 1 heterocycles. The third kappa shape index (κ3) is 3.03. The monoisotopic (exact) mass is 225 g/mol. The molecule has 0 aromatic carbocycles. The van der Waals surface area contributed by atoms with Crippen molar-refractivity contribution in [3.05, 3.63) is 22.4 Å². The second-order valence-corrected chi connectivity index (χ2v) is 4.96. The van der Waals surface area contributed by atoms with Gasteiger partial charge in [0, 0.05) is 6.54 Å². The molecule has 0 amide bonds. The van der Waals surface area contributed by atoms with Gasteiger partial charge in [0.15, 0.2) is 0 Å². The van der Waals surface area contributed by atoms with Crippen LogP contribution < -0.4 is 5.73 Å². The number of rotatable bonds is 4. The van der Waals surface area contributed by atoms with Crippen molar-refractivity contribution >= 4 is 11.3 Å². The Hall–Kier alpha value is -0.380.